The molecular weight excluding hydrogens is 615 g/mol. The molecule has 45 heavy (non-hydrogen) atoms. The average molecular weight is 648 g/mol. The van der Waals surface area contributed by atoms with Gasteiger partial charge in [-0.2, -0.15) is 18.3 Å². The number of benzene rings is 2. The van der Waals surface area contributed by atoms with Gasteiger partial charge in [0.05, 0.1) is 17.8 Å². The number of likely N-dealkylation sites (N-methyl/N-ethyl adjacent to an activating group) is 1. The largest absolute Gasteiger partial charge is 0.451 e. The first-order valence-electron chi connectivity index (χ1n) is 14.1. The van der Waals surface area contributed by atoms with E-state index in [1.165, 1.54) is 31.2 Å². The molecular formula is C31H33ClF3N5O5. The summed E-state index contributed by atoms with van der Waals surface area (Å²) in [5, 5.41) is 9.07. The maximum Gasteiger partial charge on any atom is 0.410 e. The SMILES string of the molecule is CC(=O)N(C)C(C1CCC(c2cccc(Cl)c2)N1C(=O)[C@@H](C)NC(=O)c1ccc(Oc2cc(C)n[nH]c2=O)c(C)c1)C(F)(F)F. The fourth-order valence-corrected chi connectivity index (χ4v) is 5.74. The van der Waals surface area contributed by atoms with Gasteiger partial charge in [-0.15, -0.1) is 0 Å². The predicted octanol–water partition coefficient (Wildman–Crippen LogP) is 5.09. The lowest BCUT2D eigenvalue weighted by Crippen LogP contribution is -2.60. The summed E-state index contributed by atoms with van der Waals surface area (Å²) in [5.74, 6) is -1.87. The van der Waals surface area contributed by atoms with Gasteiger partial charge >= 0.3 is 11.7 Å². The molecule has 0 radical (unpaired) electrons. The molecule has 1 saturated heterocycles. The maximum atomic E-state index is 14.4. The zero-order chi connectivity index (χ0) is 33.2. The first-order chi connectivity index (χ1) is 21.1. The van der Waals surface area contributed by atoms with Crippen LogP contribution >= 0.6 is 11.6 Å². The molecule has 0 spiro atoms. The molecule has 2 N–H and O–H groups in total. The number of aromatic amines is 1. The Morgan fingerprint density at radius 1 is 1.11 bits per heavy atom. The number of halogens is 4. The third-order valence-electron chi connectivity index (χ3n) is 7.80. The summed E-state index contributed by atoms with van der Waals surface area (Å²) in [6.07, 6.45) is -4.68. The van der Waals surface area contributed by atoms with Crippen LogP contribution in [0.5, 0.6) is 11.5 Å². The van der Waals surface area contributed by atoms with Crippen molar-refractivity contribution in [3.8, 4) is 11.5 Å². The van der Waals surface area contributed by atoms with Gasteiger partial charge in [-0.3, -0.25) is 19.2 Å². The molecule has 4 atom stereocenters. The smallest absolute Gasteiger partial charge is 0.410 e. The molecule has 0 saturated carbocycles. The molecule has 0 bridgehead atoms. The van der Waals surface area contributed by atoms with Crippen LogP contribution in [0.1, 0.15) is 59.9 Å². The number of nitrogens with zero attached hydrogens (tertiary/aromatic N) is 3. The van der Waals surface area contributed by atoms with Crippen LogP contribution in [0, 0.1) is 13.8 Å². The topological polar surface area (TPSA) is 125 Å². The van der Waals surface area contributed by atoms with Crippen molar-refractivity contribution in [1.82, 2.24) is 25.3 Å². The van der Waals surface area contributed by atoms with Crippen LogP contribution in [0.2, 0.25) is 5.02 Å². The van der Waals surface area contributed by atoms with E-state index >= 15 is 0 Å². The summed E-state index contributed by atoms with van der Waals surface area (Å²) in [6, 6.07) is 6.73. The highest BCUT2D eigenvalue weighted by atomic mass is 35.5. The Kier molecular flexibility index (Phi) is 9.91. The van der Waals surface area contributed by atoms with Crippen LogP contribution in [-0.4, -0.2) is 69.1 Å². The summed E-state index contributed by atoms with van der Waals surface area (Å²) in [6.45, 7) is 5.77. The first kappa shape index (κ1) is 33.5. The van der Waals surface area contributed by atoms with E-state index in [1.807, 2.05) is 0 Å². The summed E-state index contributed by atoms with van der Waals surface area (Å²) in [4.78, 5) is 53.1. The van der Waals surface area contributed by atoms with E-state index < -0.39 is 53.6 Å². The lowest BCUT2D eigenvalue weighted by atomic mass is 10.0. The number of H-pyrrole nitrogens is 1. The molecule has 3 amide bonds. The number of alkyl halides is 3. The summed E-state index contributed by atoms with van der Waals surface area (Å²) >= 11 is 6.17. The van der Waals surface area contributed by atoms with Crippen LogP contribution in [0.4, 0.5) is 13.2 Å². The highest BCUT2D eigenvalue weighted by Crippen LogP contribution is 2.43. The van der Waals surface area contributed by atoms with Crippen LogP contribution in [0.25, 0.3) is 0 Å². The maximum absolute atomic E-state index is 14.4. The van der Waals surface area contributed by atoms with Crippen LogP contribution in [0.3, 0.4) is 0 Å². The van der Waals surface area contributed by atoms with Crippen molar-refractivity contribution in [2.75, 3.05) is 7.05 Å². The predicted molar refractivity (Wildman–Crippen MR) is 160 cm³/mol. The van der Waals surface area contributed by atoms with Crippen molar-refractivity contribution in [1.29, 1.82) is 0 Å². The molecule has 1 aliphatic rings. The summed E-state index contributed by atoms with van der Waals surface area (Å²) in [5.41, 5.74) is 1.21. The van der Waals surface area contributed by atoms with E-state index in [4.69, 9.17) is 16.3 Å². The molecule has 10 nitrogen and oxygen atoms in total. The molecule has 3 unspecified atom stereocenters. The zero-order valence-electron chi connectivity index (χ0n) is 25.2. The van der Waals surface area contributed by atoms with E-state index in [9.17, 15) is 32.3 Å². The Bertz CT molecular complexity index is 1660. The standard InChI is InChI=1S/C31H33ClF3N5O5/c1-16-13-21(9-12-25(16)45-26-14-17(2)37-38-29(26)43)28(42)36-18(3)30(44)40-23(20-7-6-8-22(32)15-20)10-11-24(40)27(31(33,34)35)39(5)19(4)41/h6-9,12-15,18,23-24,27H,10-11H2,1-5H3,(H,36,42)(H,38,43)/t18-,23?,24?,27?/m1/s1. The minimum atomic E-state index is -4.83. The van der Waals surface area contributed by atoms with Crippen molar-refractivity contribution >= 4 is 29.3 Å². The first-order valence-corrected chi connectivity index (χ1v) is 14.5. The number of rotatable bonds is 8. The number of hydrogen-bond acceptors (Lipinski definition) is 6. The van der Waals surface area contributed by atoms with Gasteiger partial charge in [0.2, 0.25) is 11.8 Å². The number of carbonyl (C=O) groups is 3. The third kappa shape index (κ3) is 7.47. The van der Waals surface area contributed by atoms with Crippen molar-refractivity contribution in [3.05, 3.63) is 86.3 Å². The number of nitrogens with one attached hydrogen (secondary N) is 2. The molecule has 4 rings (SSSR count). The number of hydrogen-bond donors (Lipinski definition) is 2. The normalized spacial score (nSPS) is 17.8. The number of amides is 3. The Balaban J connectivity index is 1.60. The second kappa shape index (κ2) is 13.3. The van der Waals surface area contributed by atoms with Gasteiger partial charge in [-0.25, -0.2) is 5.10 Å². The van der Waals surface area contributed by atoms with Crippen molar-refractivity contribution in [3.63, 3.8) is 0 Å². The van der Waals surface area contributed by atoms with Gasteiger partial charge < -0.3 is 19.9 Å². The average Bonchev–Trinajstić information content (AvgIpc) is 3.38. The van der Waals surface area contributed by atoms with Gasteiger partial charge in [-0.1, -0.05) is 23.7 Å². The van der Waals surface area contributed by atoms with E-state index in [0.29, 0.717) is 32.5 Å². The molecule has 14 heteroatoms. The van der Waals surface area contributed by atoms with E-state index in [-0.39, 0.29) is 24.2 Å². The van der Waals surface area contributed by atoms with Crippen LogP contribution in [0.15, 0.2) is 53.3 Å². The lowest BCUT2D eigenvalue weighted by Gasteiger charge is -2.40. The molecule has 240 valence electrons. The number of ether oxygens (including phenoxy) is 1. The highest BCUT2D eigenvalue weighted by molar-refractivity contribution is 6.30. The fraction of sp³-hybridized carbons (Fsp3) is 0.387. The molecule has 0 aliphatic carbocycles. The summed E-state index contributed by atoms with van der Waals surface area (Å²) < 4.78 is 49.0. The lowest BCUT2D eigenvalue weighted by molar-refractivity contribution is -0.199. The molecule has 1 aliphatic heterocycles. The Labute approximate surface area is 262 Å². The van der Waals surface area contributed by atoms with E-state index in [0.717, 1.165) is 18.9 Å². The van der Waals surface area contributed by atoms with E-state index in [2.05, 4.69) is 15.5 Å². The van der Waals surface area contributed by atoms with Crippen molar-refractivity contribution in [2.24, 2.45) is 0 Å². The molecule has 2 heterocycles. The Hall–Kier alpha value is -4.39. The second-order valence-corrected chi connectivity index (χ2v) is 11.5. The van der Waals surface area contributed by atoms with Crippen molar-refractivity contribution in [2.45, 2.75) is 70.9 Å². The molecule has 1 aromatic heterocycles. The molecule has 1 fully saturated rings. The van der Waals surface area contributed by atoms with Gasteiger partial charge in [0.25, 0.3) is 5.91 Å². The van der Waals surface area contributed by atoms with Gasteiger partial charge in [0, 0.05) is 30.6 Å². The Morgan fingerprint density at radius 2 is 1.82 bits per heavy atom. The minimum absolute atomic E-state index is 0.0176. The number of aromatic nitrogens is 2. The zero-order valence-corrected chi connectivity index (χ0v) is 26.0. The Morgan fingerprint density at radius 3 is 2.44 bits per heavy atom. The quantitative estimate of drug-likeness (QED) is 0.351. The summed E-state index contributed by atoms with van der Waals surface area (Å²) in [7, 11) is 1.06. The van der Waals surface area contributed by atoms with Gasteiger partial charge in [0.15, 0.2) is 5.75 Å². The van der Waals surface area contributed by atoms with Gasteiger partial charge in [0.1, 0.15) is 17.8 Å². The van der Waals surface area contributed by atoms with Gasteiger partial charge in [-0.05, 0) is 75.1 Å². The van der Waals surface area contributed by atoms with Crippen molar-refractivity contribution < 1.29 is 32.3 Å². The second-order valence-electron chi connectivity index (χ2n) is 11.1. The van der Waals surface area contributed by atoms with E-state index in [1.54, 1.807) is 38.1 Å². The fourth-order valence-electron chi connectivity index (χ4n) is 5.54. The number of carbonyl (C=O) groups excluding carboxylic acids is 3. The molecule has 2 aromatic carbocycles. The number of aryl methyl sites for hydroxylation is 2. The highest BCUT2D eigenvalue weighted by Gasteiger charge is 2.54. The van der Waals surface area contributed by atoms with Crippen LogP contribution in [-0.2, 0) is 9.59 Å². The number of likely N-dealkylation sites (tertiary alicyclic amines) is 1. The van der Waals surface area contributed by atoms with Crippen LogP contribution < -0.4 is 15.6 Å². The molecule has 3 aromatic rings. The minimum Gasteiger partial charge on any atom is -0.451 e. The third-order valence-corrected chi connectivity index (χ3v) is 8.04. The monoisotopic (exact) mass is 647 g/mol.